The van der Waals surface area contributed by atoms with Gasteiger partial charge in [-0.2, -0.15) is 5.26 Å². The Morgan fingerprint density at radius 2 is 1.69 bits per heavy atom. The van der Waals surface area contributed by atoms with Crippen LogP contribution in [-0.2, 0) is 13.1 Å². The van der Waals surface area contributed by atoms with Crippen molar-refractivity contribution in [2.75, 3.05) is 19.6 Å². The number of pyridine rings is 1. The summed E-state index contributed by atoms with van der Waals surface area (Å²) in [6.45, 7) is 5.66. The zero-order chi connectivity index (χ0) is 32.7. The summed E-state index contributed by atoms with van der Waals surface area (Å²) in [6.07, 6.45) is 6.33. The van der Waals surface area contributed by atoms with E-state index in [9.17, 15) is 9.59 Å². The van der Waals surface area contributed by atoms with Gasteiger partial charge in [0.25, 0.3) is 11.8 Å². The second-order valence-corrected chi connectivity index (χ2v) is 14.6. The van der Waals surface area contributed by atoms with Crippen molar-refractivity contribution in [2.45, 2.75) is 57.3 Å². The predicted molar refractivity (Wildman–Crippen MR) is 182 cm³/mol. The summed E-state index contributed by atoms with van der Waals surface area (Å²) in [5.74, 6) is 2.09. The number of carbonyl (C=O) groups is 2. The van der Waals surface area contributed by atoms with Gasteiger partial charge in [0, 0.05) is 66.9 Å². The van der Waals surface area contributed by atoms with Crippen LogP contribution >= 0.6 is 0 Å². The van der Waals surface area contributed by atoms with Crippen molar-refractivity contribution >= 4 is 33.9 Å². The number of hydrogen-bond donors (Lipinski definition) is 1. The van der Waals surface area contributed by atoms with E-state index < -0.39 is 0 Å². The Bertz CT molecular complexity index is 2140. The highest BCUT2D eigenvalue weighted by Gasteiger charge is 2.54. The second-order valence-electron chi connectivity index (χ2n) is 14.6. The van der Waals surface area contributed by atoms with Gasteiger partial charge in [-0.05, 0) is 105 Å². The summed E-state index contributed by atoms with van der Waals surface area (Å²) in [5, 5.41) is 10.2. The number of nitrogens with zero attached hydrogens (tertiary/aromatic N) is 7. The number of nitrogens with two attached hydrogens (primary N) is 1. The number of carbonyl (C=O) groups excluding carboxylic acids is 2. The number of amides is 2. The molecule has 2 saturated heterocycles. The fourth-order valence-electron chi connectivity index (χ4n) is 8.43. The lowest BCUT2D eigenvalue weighted by Crippen LogP contribution is -2.51. The maximum absolute atomic E-state index is 13.9. The lowest BCUT2D eigenvalue weighted by atomic mass is 9.92. The van der Waals surface area contributed by atoms with Crippen LogP contribution < -0.4 is 5.73 Å². The molecule has 3 aromatic heterocycles. The molecule has 2 N–H and O–H groups in total. The molecule has 2 saturated carbocycles. The fourth-order valence-corrected chi connectivity index (χ4v) is 8.43. The van der Waals surface area contributed by atoms with Gasteiger partial charge < -0.3 is 24.7 Å². The molecule has 48 heavy (non-hydrogen) atoms. The summed E-state index contributed by atoms with van der Waals surface area (Å²) in [4.78, 5) is 41.0. The van der Waals surface area contributed by atoms with Gasteiger partial charge in [0.05, 0.1) is 34.4 Å². The number of hydrogen-bond acceptors (Lipinski definition) is 6. The highest BCUT2D eigenvalue weighted by atomic mass is 16.2. The normalized spacial score (nSPS) is 23.6. The molecule has 4 fully saturated rings. The molecule has 2 unspecified atom stereocenters. The minimum Gasteiger partial charge on any atom is -0.338 e. The van der Waals surface area contributed by atoms with Gasteiger partial charge in [0.1, 0.15) is 5.65 Å². The zero-order valence-electron chi connectivity index (χ0n) is 27.0. The topological polar surface area (TPSA) is 126 Å². The molecular formula is C38H38N8O2. The van der Waals surface area contributed by atoms with Crippen molar-refractivity contribution in [1.29, 1.82) is 5.26 Å². The summed E-state index contributed by atoms with van der Waals surface area (Å²) >= 11 is 0. The number of nitriles is 1. The van der Waals surface area contributed by atoms with Crippen LogP contribution in [0.1, 0.15) is 58.9 Å². The van der Waals surface area contributed by atoms with Crippen molar-refractivity contribution < 1.29 is 9.59 Å². The summed E-state index contributed by atoms with van der Waals surface area (Å²) in [5.41, 5.74) is 11.9. The fraction of sp³-hybridized carbons (Fsp3) is 0.395. The van der Waals surface area contributed by atoms with Crippen molar-refractivity contribution in [1.82, 2.24) is 28.9 Å². The van der Waals surface area contributed by atoms with Crippen LogP contribution in [-0.4, -0.2) is 71.9 Å². The van der Waals surface area contributed by atoms with Crippen LogP contribution in [0.2, 0.25) is 0 Å². The van der Waals surface area contributed by atoms with E-state index in [0.717, 1.165) is 53.0 Å². The Hall–Kier alpha value is -5.01. The first-order chi connectivity index (χ1) is 23.3. The van der Waals surface area contributed by atoms with E-state index in [2.05, 4.69) is 34.3 Å². The molecular weight excluding hydrogens is 600 g/mol. The monoisotopic (exact) mass is 638 g/mol. The predicted octanol–water partition coefficient (Wildman–Crippen LogP) is 5.06. The van der Waals surface area contributed by atoms with Crippen LogP contribution in [0.4, 0.5) is 0 Å². The first kappa shape index (κ1) is 29.2. The van der Waals surface area contributed by atoms with Crippen molar-refractivity contribution in [3.05, 3.63) is 83.6 Å². The van der Waals surface area contributed by atoms with E-state index in [-0.39, 0.29) is 29.3 Å². The molecule has 0 spiro atoms. The zero-order valence-corrected chi connectivity index (χ0v) is 27.0. The molecule has 2 amide bonds. The Kier molecular flexibility index (Phi) is 6.53. The second kappa shape index (κ2) is 10.8. The van der Waals surface area contributed by atoms with Crippen LogP contribution in [0.5, 0.6) is 0 Å². The van der Waals surface area contributed by atoms with Crippen molar-refractivity contribution in [3.63, 3.8) is 0 Å². The van der Waals surface area contributed by atoms with Crippen LogP contribution in [0.3, 0.4) is 0 Å². The third-order valence-corrected chi connectivity index (χ3v) is 11.4. The molecule has 2 bridgehead atoms. The van der Waals surface area contributed by atoms with E-state index in [0.29, 0.717) is 54.7 Å². The number of rotatable bonds is 7. The van der Waals surface area contributed by atoms with Gasteiger partial charge in [0.2, 0.25) is 0 Å². The Morgan fingerprint density at radius 1 is 0.917 bits per heavy atom. The van der Waals surface area contributed by atoms with E-state index in [1.54, 1.807) is 24.3 Å². The smallest absolute Gasteiger partial charge is 0.254 e. The first-order valence-corrected chi connectivity index (χ1v) is 17.1. The third-order valence-electron chi connectivity index (χ3n) is 11.4. The highest BCUT2D eigenvalue weighted by Crippen LogP contribution is 2.45. The molecule has 10 nitrogen and oxygen atoms in total. The Morgan fingerprint density at radius 3 is 2.40 bits per heavy atom. The van der Waals surface area contributed by atoms with Gasteiger partial charge in [-0.15, -0.1) is 0 Å². The molecule has 2 aliphatic carbocycles. The van der Waals surface area contributed by atoms with Gasteiger partial charge in [-0.1, -0.05) is 0 Å². The van der Waals surface area contributed by atoms with E-state index in [4.69, 9.17) is 21.0 Å². The summed E-state index contributed by atoms with van der Waals surface area (Å²) in [7, 11) is 0. The molecule has 0 radical (unpaired) electrons. The van der Waals surface area contributed by atoms with Crippen molar-refractivity contribution in [3.8, 4) is 17.6 Å². The van der Waals surface area contributed by atoms with Gasteiger partial charge >= 0.3 is 0 Å². The molecule has 2 aromatic carbocycles. The highest BCUT2D eigenvalue weighted by molar-refractivity contribution is 5.99. The Labute approximate surface area is 278 Å². The average molecular weight is 639 g/mol. The largest absolute Gasteiger partial charge is 0.338 e. The van der Waals surface area contributed by atoms with E-state index >= 15 is 0 Å². The van der Waals surface area contributed by atoms with Crippen LogP contribution in [0, 0.1) is 29.1 Å². The van der Waals surface area contributed by atoms with Crippen LogP contribution in [0.15, 0.2) is 66.9 Å². The minimum atomic E-state index is -0.338. The maximum atomic E-state index is 13.9. The Balaban J connectivity index is 1.06. The molecule has 3 atom stereocenters. The first-order valence-electron chi connectivity index (χ1n) is 17.1. The van der Waals surface area contributed by atoms with Crippen molar-refractivity contribution in [2.24, 2.45) is 23.5 Å². The average Bonchev–Trinajstić information content (AvgIpc) is 3.55. The minimum absolute atomic E-state index is 0.0190. The van der Waals surface area contributed by atoms with Gasteiger partial charge in [0.15, 0.2) is 5.82 Å². The molecule has 4 aliphatic rings. The van der Waals surface area contributed by atoms with E-state index in [1.807, 2.05) is 40.3 Å². The SMILES string of the molecule is C[C@@]1(N)C2CCC1N(C(=O)c1ccc3c(c1)nc(-c1cc4cccnc4n1CC1CC1)n3CC1CN(C(=O)c3ccc(C#N)cc3)C1)C2. The lowest BCUT2D eigenvalue weighted by molar-refractivity contribution is 0.0471. The van der Waals surface area contributed by atoms with Gasteiger partial charge in [-0.25, -0.2) is 9.97 Å². The standard InChI is InChI=1S/C38H38N8O2/c1-38(40)29-11-13-33(38)46(22-29)37(48)28-10-12-31-30(15-28)42-35(32-16-27-3-2-14-41-34(27)45(32)20-24-4-5-24)44(31)21-25-18-43(19-25)36(47)26-8-6-23(17-39)7-9-26/h2-3,6-10,12,14-16,24-25,29,33H,4-5,11,13,18-22,40H2,1H3/t29?,33?,38-/m1/s1. The summed E-state index contributed by atoms with van der Waals surface area (Å²) in [6, 6.07) is 21.2. The quantitative estimate of drug-likeness (QED) is 0.266. The molecule has 2 aliphatic heterocycles. The number of likely N-dealkylation sites (tertiary alicyclic amines) is 2. The molecule has 5 heterocycles. The summed E-state index contributed by atoms with van der Waals surface area (Å²) < 4.78 is 4.60. The molecule has 242 valence electrons. The lowest BCUT2D eigenvalue weighted by Gasteiger charge is -2.39. The number of imidazole rings is 1. The van der Waals surface area contributed by atoms with Gasteiger partial charge in [-0.3, -0.25) is 9.59 Å². The van der Waals surface area contributed by atoms with E-state index in [1.165, 1.54) is 12.8 Å². The number of benzene rings is 2. The molecule has 10 heteroatoms. The third kappa shape index (κ3) is 4.63. The molecule has 9 rings (SSSR count). The number of piperidine rings is 1. The maximum Gasteiger partial charge on any atom is 0.254 e. The van der Waals surface area contributed by atoms with Crippen LogP contribution in [0.25, 0.3) is 33.6 Å². The molecule has 5 aromatic rings. The number of fused-ring (bicyclic) bond motifs is 4. The number of aromatic nitrogens is 4.